The van der Waals surface area contributed by atoms with Gasteiger partial charge in [0, 0.05) is 5.56 Å². The minimum absolute atomic E-state index is 0.0263. The van der Waals surface area contributed by atoms with Crippen LogP contribution in [-0.2, 0) is 12.7 Å². The third-order valence-electron chi connectivity index (χ3n) is 2.15. The van der Waals surface area contributed by atoms with Gasteiger partial charge >= 0.3 is 6.30 Å². The van der Waals surface area contributed by atoms with Gasteiger partial charge in [-0.2, -0.15) is 9.78 Å². The van der Waals surface area contributed by atoms with Crippen LogP contribution in [0, 0.1) is 0 Å². The summed E-state index contributed by atoms with van der Waals surface area (Å²) >= 11 is 0. The number of hydrogen-bond acceptors (Lipinski definition) is 2. The third kappa shape index (κ3) is 1.21. The molecule has 0 fully saturated rings. The van der Waals surface area contributed by atoms with Crippen LogP contribution >= 0.6 is 0 Å². The molecular formula is C7H7F3N2O. The molecule has 13 heavy (non-hydrogen) atoms. The smallest absolute Gasteiger partial charge is 0.388 e. The Morgan fingerprint density at radius 2 is 2.23 bits per heavy atom. The Labute approximate surface area is 71.8 Å². The van der Waals surface area contributed by atoms with Gasteiger partial charge in [0.05, 0.1) is 18.0 Å². The minimum Gasteiger partial charge on any atom is -0.388 e. The Hall–Kier alpha value is -1.04. The summed E-state index contributed by atoms with van der Waals surface area (Å²) < 4.78 is 36.7. The van der Waals surface area contributed by atoms with Crippen molar-refractivity contribution >= 4 is 0 Å². The molecule has 72 valence electrons. The van der Waals surface area contributed by atoms with Crippen molar-refractivity contribution in [3.8, 4) is 0 Å². The van der Waals surface area contributed by atoms with E-state index < -0.39 is 12.4 Å². The molecule has 0 radical (unpaired) electrons. The van der Waals surface area contributed by atoms with E-state index in [-0.39, 0.29) is 16.8 Å². The van der Waals surface area contributed by atoms with Crippen LogP contribution in [0.5, 0.6) is 0 Å². The van der Waals surface area contributed by atoms with Gasteiger partial charge in [0.2, 0.25) is 0 Å². The number of aromatic nitrogens is 2. The van der Waals surface area contributed by atoms with Crippen molar-refractivity contribution < 1.29 is 18.3 Å². The van der Waals surface area contributed by atoms with Gasteiger partial charge in [0.1, 0.15) is 0 Å². The van der Waals surface area contributed by atoms with E-state index in [2.05, 4.69) is 5.10 Å². The maximum Gasteiger partial charge on any atom is 0.504 e. The molecule has 1 aliphatic rings. The van der Waals surface area contributed by atoms with E-state index >= 15 is 0 Å². The van der Waals surface area contributed by atoms with E-state index in [0.717, 1.165) is 6.20 Å². The monoisotopic (exact) mass is 192 g/mol. The minimum atomic E-state index is -4.47. The molecule has 0 aliphatic heterocycles. The SMILES string of the molecule is OC1CCc2c1cnn2C(F)(F)F. The molecule has 0 aromatic carbocycles. The van der Waals surface area contributed by atoms with Gasteiger partial charge in [-0.05, 0) is 12.8 Å². The molecule has 1 heterocycles. The molecule has 1 atom stereocenters. The van der Waals surface area contributed by atoms with Crippen molar-refractivity contribution in [1.29, 1.82) is 0 Å². The van der Waals surface area contributed by atoms with Crippen LogP contribution in [-0.4, -0.2) is 14.9 Å². The number of halogens is 3. The Morgan fingerprint density at radius 1 is 1.54 bits per heavy atom. The lowest BCUT2D eigenvalue weighted by molar-refractivity contribution is -0.213. The second-order valence-corrected chi connectivity index (χ2v) is 2.98. The number of aliphatic hydroxyl groups is 1. The summed E-state index contributed by atoms with van der Waals surface area (Å²) in [6.45, 7) is 0. The maximum atomic E-state index is 12.2. The zero-order chi connectivity index (χ0) is 9.64. The molecular weight excluding hydrogens is 185 g/mol. The normalized spacial score (nSPS) is 22.0. The molecule has 1 N–H and O–H groups in total. The van der Waals surface area contributed by atoms with E-state index in [1.807, 2.05) is 0 Å². The Balaban J connectivity index is 2.47. The number of rotatable bonds is 0. The summed E-state index contributed by atoms with van der Waals surface area (Å²) in [5.74, 6) is 0. The number of fused-ring (bicyclic) bond motifs is 1. The standard InChI is InChI=1S/C7H7F3N2O/c8-7(9,10)12-5-1-2-6(13)4(5)3-11-12/h3,6,13H,1-2H2. The van der Waals surface area contributed by atoms with Gasteiger partial charge < -0.3 is 5.11 Å². The quantitative estimate of drug-likeness (QED) is 0.673. The highest BCUT2D eigenvalue weighted by molar-refractivity contribution is 5.25. The zero-order valence-electron chi connectivity index (χ0n) is 6.54. The van der Waals surface area contributed by atoms with Gasteiger partial charge in [0.15, 0.2) is 0 Å². The topological polar surface area (TPSA) is 38.1 Å². The zero-order valence-corrected chi connectivity index (χ0v) is 6.54. The maximum absolute atomic E-state index is 12.2. The Morgan fingerprint density at radius 3 is 2.85 bits per heavy atom. The summed E-state index contributed by atoms with van der Waals surface area (Å²) in [6, 6.07) is 0. The average Bonchev–Trinajstić information content (AvgIpc) is 2.51. The van der Waals surface area contributed by atoms with E-state index in [1.54, 1.807) is 0 Å². The molecule has 1 aromatic rings. The van der Waals surface area contributed by atoms with Crippen molar-refractivity contribution in [1.82, 2.24) is 9.78 Å². The van der Waals surface area contributed by atoms with Crippen LogP contribution in [0.15, 0.2) is 6.20 Å². The number of hydrogen-bond donors (Lipinski definition) is 1. The first-order chi connectivity index (χ1) is 6.00. The highest BCUT2D eigenvalue weighted by Gasteiger charge is 2.38. The van der Waals surface area contributed by atoms with Gasteiger partial charge in [-0.25, -0.2) is 0 Å². The second-order valence-electron chi connectivity index (χ2n) is 2.98. The van der Waals surface area contributed by atoms with Crippen molar-refractivity contribution in [2.45, 2.75) is 25.2 Å². The predicted octanol–water partition coefficient (Wildman–Crippen LogP) is 1.34. The first-order valence-electron chi connectivity index (χ1n) is 3.82. The molecule has 0 saturated heterocycles. The van der Waals surface area contributed by atoms with Crippen LogP contribution in [0.2, 0.25) is 0 Å². The molecule has 1 unspecified atom stereocenters. The first-order valence-corrected chi connectivity index (χ1v) is 3.82. The lowest BCUT2D eigenvalue weighted by Crippen LogP contribution is -2.20. The predicted molar refractivity (Wildman–Crippen MR) is 36.8 cm³/mol. The number of alkyl halides is 3. The highest BCUT2D eigenvalue weighted by Crippen LogP contribution is 2.34. The van der Waals surface area contributed by atoms with Crippen molar-refractivity contribution in [3.05, 3.63) is 17.5 Å². The molecule has 6 heteroatoms. The Bertz CT molecular complexity index is 331. The first kappa shape index (κ1) is 8.55. The molecule has 0 amide bonds. The molecule has 0 saturated carbocycles. The third-order valence-corrected chi connectivity index (χ3v) is 2.15. The summed E-state index contributed by atoms with van der Waals surface area (Å²) in [7, 11) is 0. The van der Waals surface area contributed by atoms with Crippen molar-refractivity contribution in [2.75, 3.05) is 0 Å². The number of aliphatic hydroxyl groups excluding tert-OH is 1. The van der Waals surface area contributed by atoms with E-state index in [4.69, 9.17) is 0 Å². The van der Waals surface area contributed by atoms with E-state index in [0.29, 0.717) is 12.0 Å². The van der Waals surface area contributed by atoms with Crippen LogP contribution in [0.1, 0.15) is 23.8 Å². The number of nitrogens with zero attached hydrogens (tertiary/aromatic N) is 2. The lowest BCUT2D eigenvalue weighted by atomic mass is 10.2. The fourth-order valence-electron chi connectivity index (χ4n) is 1.56. The summed E-state index contributed by atoms with van der Waals surface area (Å²) in [5.41, 5.74) is 0.386. The van der Waals surface area contributed by atoms with Crippen LogP contribution in [0.25, 0.3) is 0 Å². The fraction of sp³-hybridized carbons (Fsp3) is 0.571. The Kier molecular flexibility index (Phi) is 1.63. The lowest BCUT2D eigenvalue weighted by Gasteiger charge is -2.08. The van der Waals surface area contributed by atoms with Crippen LogP contribution in [0.4, 0.5) is 13.2 Å². The summed E-state index contributed by atoms with van der Waals surface area (Å²) in [5, 5.41) is 12.4. The van der Waals surface area contributed by atoms with Crippen LogP contribution in [0.3, 0.4) is 0 Å². The molecule has 3 nitrogen and oxygen atoms in total. The van der Waals surface area contributed by atoms with Gasteiger partial charge in [-0.3, -0.25) is 0 Å². The summed E-state index contributed by atoms with van der Waals surface area (Å²) in [6.07, 6.45) is -3.59. The largest absolute Gasteiger partial charge is 0.504 e. The highest BCUT2D eigenvalue weighted by atomic mass is 19.4. The van der Waals surface area contributed by atoms with Crippen LogP contribution < -0.4 is 0 Å². The average molecular weight is 192 g/mol. The summed E-state index contributed by atoms with van der Waals surface area (Å²) in [4.78, 5) is 0. The molecule has 1 aromatic heterocycles. The van der Waals surface area contributed by atoms with Gasteiger partial charge in [-0.1, -0.05) is 0 Å². The molecule has 2 rings (SSSR count). The molecule has 0 bridgehead atoms. The van der Waals surface area contributed by atoms with E-state index in [9.17, 15) is 18.3 Å². The van der Waals surface area contributed by atoms with E-state index in [1.165, 1.54) is 0 Å². The molecule has 1 aliphatic carbocycles. The van der Waals surface area contributed by atoms with Crippen molar-refractivity contribution in [3.63, 3.8) is 0 Å². The molecule has 0 spiro atoms. The van der Waals surface area contributed by atoms with Crippen molar-refractivity contribution in [2.24, 2.45) is 0 Å². The fourth-order valence-corrected chi connectivity index (χ4v) is 1.56. The van der Waals surface area contributed by atoms with Gasteiger partial charge in [-0.15, -0.1) is 13.2 Å². The van der Waals surface area contributed by atoms with Gasteiger partial charge in [0.25, 0.3) is 0 Å². The second kappa shape index (κ2) is 2.47.